The van der Waals surface area contributed by atoms with Gasteiger partial charge in [-0.05, 0) is 127 Å². The van der Waals surface area contributed by atoms with Crippen molar-refractivity contribution in [1.29, 1.82) is 0 Å². The van der Waals surface area contributed by atoms with E-state index in [1.165, 1.54) is 34.4 Å². The number of carboxylic acid groups (broad SMARTS) is 1. The number of aromatic nitrogens is 4. The number of para-hydroxylation sites is 1. The van der Waals surface area contributed by atoms with Gasteiger partial charge >= 0.3 is 12.1 Å². The predicted octanol–water partition coefficient (Wildman–Crippen LogP) is 2.80. The number of aromatic carboxylic acids is 1. The molecule has 7 aliphatic rings. The van der Waals surface area contributed by atoms with Crippen molar-refractivity contribution >= 4 is 108 Å². The van der Waals surface area contributed by atoms with E-state index < -0.39 is 119 Å². The Morgan fingerprint density at radius 2 is 1.40 bits per heavy atom. The molecule has 0 spiro atoms. The molecule has 9 amide bonds. The molecule has 12 N–H and O–H groups in total. The van der Waals surface area contributed by atoms with Crippen LogP contribution in [0.5, 0.6) is 5.75 Å². The van der Waals surface area contributed by atoms with Gasteiger partial charge in [0.05, 0.1) is 100 Å². The van der Waals surface area contributed by atoms with Crippen LogP contribution in [0, 0.1) is 23.2 Å². The van der Waals surface area contributed by atoms with E-state index in [-0.39, 0.29) is 170 Å². The van der Waals surface area contributed by atoms with Crippen LogP contribution in [0.4, 0.5) is 21.4 Å². The SMILES string of the molecule is Cc1c(-c2ccc(N3CCc4cccc(C(=O)Nc5nc6ccccc6s5)c4C3)nc2C(=O)O)cnn1CC12CC3(C)CC(C)(C1)CC(OCCN(C)C(=O)OCc1ccc(O[C@@H]4O[C@H](CO)C(O)[C@H](O)[C@H]4O)c(NC(=O)CCNC(=O)COCCNC(=O)[C@@H](CS(=O)(=O)O)NC(=O)CCOCCOCCOCCOCCNC(=O)CCN4C(=O)C=CC4=O)c1)(C3)C2. The van der Waals surface area contributed by atoms with E-state index in [1.807, 2.05) is 59.0 Å². The molecule has 3 unspecified atom stereocenters. The molecular formula is C85H109N13O27S2. The van der Waals surface area contributed by atoms with E-state index in [9.17, 15) is 86.4 Å². The van der Waals surface area contributed by atoms with Gasteiger partial charge in [-0.1, -0.05) is 55.5 Å². The third kappa shape index (κ3) is 25.7. The van der Waals surface area contributed by atoms with Crippen molar-refractivity contribution in [3.63, 3.8) is 0 Å². The van der Waals surface area contributed by atoms with Crippen LogP contribution in [0.2, 0.25) is 0 Å². The first kappa shape index (κ1) is 95.5. The number of hydrogen-bond donors (Lipinski definition) is 12. The first-order valence-corrected chi connectivity index (χ1v) is 44.3. The number of pyridine rings is 1. The van der Waals surface area contributed by atoms with Gasteiger partial charge in [0.2, 0.25) is 35.8 Å². The molecule has 40 nitrogen and oxygen atoms in total. The van der Waals surface area contributed by atoms with Crippen LogP contribution in [0.3, 0.4) is 0 Å². The lowest BCUT2D eigenvalue weighted by Gasteiger charge is -2.69. The van der Waals surface area contributed by atoms with Crippen molar-refractivity contribution < 1.29 is 129 Å². The van der Waals surface area contributed by atoms with E-state index in [2.05, 4.69) is 50.7 Å². The summed E-state index contributed by atoms with van der Waals surface area (Å²) in [6.07, 6.45) is 0.110. The number of anilines is 3. The van der Waals surface area contributed by atoms with Crippen molar-refractivity contribution in [1.82, 2.24) is 50.8 Å². The molecule has 42 heteroatoms. The summed E-state index contributed by atoms with van der Waals surface area (Å²) in [4.78, 5) is 142. The number of imide groups is 1. The number of nitrogens with one attached hydrogen (secondary N) is 6. The molecule has 3 aromatic carbocycles. The summed E-state index contributed by atoms with van der Waals surface area (Å²) in [5.41, 5.74) is 4.29. The molecule has 6 aromatic rings. The number of thiazole rings is 1. The van der Waals surface area contributed by atoms with Crippen molar-refractivity contribution in [3.05, 3.63) is 125 Å². The lowest BCUT2D eigenvalue weighted by molar-refractivity contribution is -0.277. The van der Waals surface area contributed by atoms with Gasteiger partial charge in [0.15, 0.2) is 10.8 Å². The number of rotatable bonds is 47. The van der Waals surface area contributed by atoms with Gasteiger partial charge in [-0.3, -0.25) is 57.8 Å². The van der Waals surface area contributed by atoms with Crippen molar-refractivity contribution in [2.24, 2.45) is 16.2 Å². The van der Waals surface area contributed by atoms with E-state index in [4.69, 9.17) is 52.7 Å². The van der Waals surface area contributed by atoms with Gasteiger partial charge < -0.3 is 105 Å². The minimum Gasteiger partial charge on any atom is -0.476 e. The molecule has 3 aromatic heterocycles. The van der Waals surface area contributed by atoms with Gasteiger partial charge in [-0.15, -0.1) is 0 Å². The highest BCUT2D eigenvalue weighted by Crippen LogP contribution is 2.72. The third-order valence-corrected chi connectivity index (χ3v) is 24.7. The number of carbonyl (C=O) groups excluding carboxylic acids is 9. The molecule has 0 radical (unpaired) electrons. The number of carbonyl (C=O) groups is 10. The Labute approximate surface area is 735 Å². The quantitative estimate of drug-likeness (QED) is 0.0148. The number of aliphatic hydroxyl groups excluding tert-OH is 4. The Kier molecular flexibility index (Phi) is 32.4. The number of ether oxygens (including phenoxy) is 9. The lowest BCUT2D eigenvalue weighted by atomic mass is 9.39. The standard InChI is InChI=1S/C85H109N13O27S2/c1-52-57(55-13-15-65(93-72(55)78(111)112)96-25-19-54-8-7-9-56(58(54)40-96)76(109)94-80-92-59-10-5-6-11-64(59)126-80)39-89-98(52)51-84-46-82(2)45-83(3,47-84)49-85(48-82,50-84)123-31-27-95(4)81(113)122-42-53-12-14-62(124-79-75(108)74(107)73(106)63(41-99)125-79)60(38-53)90-67(101)18-22-86-69(103)43-121-30-24-88-77(110)61(44-127(114,115)116)91-68(102)21-28-117-32-34-119-36-37-120-35-33-118-29-23-87-66(100)20-26-97-70(104)16-17-71(97)105/h5-17,38-39,61,63,73-75,79,99,106-108H,18-37,40-51H2,1-4H3,(H,86,103)(H,87,100)(H,88,110)(H,90,101)(H,91,102)(H,111,112)(H,92,94,109)(H,114,115,116)/t61-,63-,73?,74+,75-,79-,82?,83?,84?,85?/m1/s1. The second kappa shape index (κ2) is 43.0. The average molecular weight is 1810 g/mol. The summed E-state index contributed by atoms with van der Waals surface area (Å²) in [5, 5.41) is 73.4. The molecule has 4 aliphatic carbocycles. The van der Waals surface area contributed by atoms with E-state index in [1.54, 1.807) is 25.4 Å². The highest BCUT2D eigenvalue weighted by molar-refractivity contribution is 7.85. The fourth-order valence-corrected chi connectivity index (χ4v) is 19.8. The number of benzene rings is 3. The van der Waals surface area contributed by atoms with Crippen molar-refractivity contribution in [2.45, 2.75) is 147 Å². The number of aliphatic hydroxyl groups is 4. The second-order valence-electron chi connectivity index (χ2n) is 33.4. The highest BCUT2D eigenvalue weighted by atomic mass is 32.2. The van der Waals surface area contributed by atoms with Gasteiger partial charge in [0.1, 0.15) is 61.0 Å². The molecule has 4 bridgehead atoms. The van der Waals surface area contributed by atoms with Gasteiger partial charge in [0.25, 0.3) is 27.8 Å². The summed E-state index contributed by atoms with van der Waals surface area (Å²) in [6.45, 7) is 7.34. The topological polar surface area (TPSA) is 535 Å². The normalized spacial score (nSPS) is 22.5. The largest absolute Gasteiger partial charge is 0.476 e. The third-order valence-electron chi connectivity index (χ3n) is 23.0. The van der Waals surface area contributed by atoms with Crippen LogP contribution in [-0.4, -0.2) is 301 Å². The summed E-state index contributed by atoms with van der Waals surface area (Å²) in [5.74, 6) is -6.69. The minimum absolute atomic E-state index is 0.0204. The number of fused-ring (bicyclic) bond motifs is 2. The maximum Gasteiger partial charge on any atom is 0.409 e. The Morgan fingerprint density at radius 3 is 2.11 bits per heavy atom. The molecule has 688 valence electrons. The van der Waals surface area contributed by atoms with E-state index in [0.29, 0.717) is 59.3 Å². The molecular weight excluding hydrogens is 1700 g/mol. The fourth-order valence-electron chi connectivity index (χ4n) is 18.2. The maximum atomic E-state index is 13.8. The zero-order valence-electron chi connectivity index (χ0n) is 71.0. The van der Waals surface area contributed by atoms with Crippen LogP contribution >= 0.6 is 11.3 Å². The van der Waals surface area contributed by atoms with Crippen molar-refractivity contribution in [3.8, 4) is 16.9 Å². The first-order valence-electron chi connectivity index (χ1n) is 41.9. The molecule has 4 saturated carbocycles. The summed E-state index contributed by atoms with van der Waals surface area (Å²) >= 11 is 1.39. The Bertz CT molecular complexity index is 5060. The molecule has 5 fully saturated rings. The van der Waals surface area contributed by atoms with Gasteiger partial charge in [-0.25, -0.2) is 19.6 Å². The smallest absolute Gasteiger partial charge is 0.409 e. The zero-order chi connectivity index (χ0) is 90.8. The molecule has 1 saturated heterocycles. The van der Waals surface area contributed by atoms with Gasteiger partial charge in [-0.2, -0.15) is 13.5 Å². The van der Waals surface area contributed by atoms with Crippen LogP contribution in [0.25, 0.3) is 21.3 Å². The zero-order valence-corrected chi connectivity index (χ0v) is 72.6. The monoisotopic (exact) mass is 1810 g/mol. The van der Waals surface area contributed by atoms with Crippen LogP contribution in [0.15, 0.2) is 91.1 Å². The molecule has 13 rings (SSSR count). The van der Waals surface area contributed by atoms with E-state index in [0.717, 1.165) is 82.6 Å². The maximum absolute atomic E-state index is 13.8. The summed E-state index contributed by atoms with van der Waals surface area (Å²) < 4.78 is 87.4. The lowest BCUT2D eigenvalue weighted by Crippen LogP contribution is -2.64. The number of hydrogen-bond acceptors (Lipinski definition) is 30. The highest BCUT2D eigenvalue weighted by Gasteiger charge is 2.66. The Hall–Kier alpha value is -10.6. The summed E-state index contributed by atoms with van der Waals surface area (Å²) in [6, 6.07) is 19.5. The van der Waals surface area contributed by atoms with Crippen LogP contribution < -0.4 is 41.5 Å². The van der Waals surface area contributed by atoms with E-state index >= 15 is 0 Å². The molecule has 8 atom stereocenters. The minimum atomic E-state index is -4.78. The number of nitrogens with zero attached hydrogens (tertiary/aromatic N) is 7. The molecule has 6 heterocycles. The second-order valence-corrected chi connectivity index (χ2v) is 35.9. The average Bonchev–Trinajstić information content (AvgIpc) is 1.36. The fraction of sp³-hybridized carbons (Fsp3) is 0.541. The molecule has 3 aliphatic heterocycles. The Morgan fingerprint density at radius 1 is 0.709 bits per heavy atom. The van der Waals surface area contributed by atoms with Crippen LogP contribution in [-0.2, 0) is 108 Å². The molecule has 127 heavy (non-hydrogen) atoms. The first-order chi connectivity index (χ1) is 60.7. The number of amides is 9. The number of carboxylic acids is 1. The predicted molar refractivity (Wildman–Crippen MR) is 454 cm³/mol. The summed E-state index contributed by atoms with van der Waals surface area (Å²) in [7, 11) is -3.20. The van der Waals surface area contributed by atoms with Crippen molar-refractivity contribution in [2.75, 3.05) is 147 Å². The van der Waals surface area contributed by atoms with Gasteiger partial charge in [0, 0.05) is 113 Å². The Balaban J connectivity index is 0.564. The van der Waals surface area contributed by atoms with Crippen LogP contribution in [0.1, 0.15) is 115 Å². The number of likely N-dealkylation sites (N-methyl/N-ethyl adjacent to an activating group) is 1.